The molecule has 0 aromatic heterocycles. The molecule has 1 unspecified atom stereocenters. The molecule has 0 heterocycles. The van der Waals surface area contributed by atoms with E-state index < -0.39 is 22.9 Å². The number of ether oxygens (including phenoxy) is 1. The zero-order chi connectivity index (χ0) is 16.1. The van der Waals surface area contributed by atoms with Crippen molar-refractivity contribution in [3.05, 3.63) is 29.3 Å². The number of halogens is 3. The third-order valence-electron chi connectivity index (χ3n) is 2.96. The molecule has 1 aromatic rings. The first-order valence-electron chi connectivity index (χ1n) is 6.26. The molecule has 0 amide bonds. The van der Waals surface area contributed by atoms with Crippen LogP contribution in [-0.2, 0) is 10.9 Å². The largest absolute Gasteiger partial charge is 0.417 e. The van der Waals surface area contributed by atoms with E-state index in [1.54, 1.807) is 6.92 Å². The number of methoxy groups -OCH3 is 1. The lowest BCUT2D eigenvalue weighted by atomic mass is 10.0. The first-order valence-corrected chi connectivity index (χ1v) is 6.26. The van der Waals surface area contributed by atoms with Crippen molar-refractivity contribution in [1.29, 1.82) is 5.26 Å². The van der Waals surface area contributed by atoms with E-state index in [1.807, 2.05) is 0 Å². The van der Waals surface area contributed by atoms with Gasteiger partial charge in [0.05, 0.1) is 22.8 Å². The Labute approximate surface area is 121 Å². The lowest BCUT2D eigenvalue weighted by molar-refractivity contribution is -0.137. The third kappa shape index (κ3) is 5.25. The van der Waals surface area contributed by atoms with Gasteiger partial charge in [-0.3, -0.25) is 0 Å². The summed E-state index contributed by atoms with van der Waals surface area (Å²) in [6.45, 7) is 1.97. The Morgan fingerprint density at radius 1 is 1.38 bits per heavy atom. The van der Waals surface area contributed by atoms with Crippen molar-refractivity contribution in [2.24, 2.45) is 0 Å². The number of nitriles is 1. The van der Waals surface area contributed by atoms with E-state index >= 15 is 0 Å². The molecule has 1 aromatic carbocycles. The van der Waals surface area contributed by atoms with E-state index in [0.29, 0.717) is 13.0 Å². The number of alkyl halides is 3. The van der Waals surface area contributed by atoms with Crippen LogP contribution >= 0.6 is 0 Å². The molecule has 21 heavy (non-hydrogen) atoms. The summed E-state index contributed by atoms with van der Waals surface area (Å²) < 4.78 is 43.3. The maximum Gasteiger partial charge on any atom is 0.417 e. The van der Waals surface area contributed by atoms with Crippen LogP contribution in [0, 0.1) is 11.3 Å². The second kappa shape index (κ2) is 6.78. The van der Waals surface area contributed by atoms with Gasteiger partial charge in [-0.15, -0.1) is 0 Å². The molecule has 0 spiro atoms. The van der Waals surface area contributed by atoms with E-state index in [4.69, 9.17) is 10.00 Å². The van der Waals surface area contributed by atoms with Gasteiger partial charge in [-0.25, -0.2) is 0 Å². The second-order valence-corrected chi connectivity index (χ2v) is 4.96. The van der Waals surface area contributed by atoms with Gasteiger partial charge in [0, 0.05) is 32.4 Å². The van der Waals surface area contributed by atoms with Crippen molar-refractivity contribution in [2.75, 3.05) is 25.6 Å². The van der Waals surface area contributed by atoms with Crippen molar-refractivity contribution in [3.63, 3.8) is 0 Å². The van der Waals surface area contributed by atoms with E-state index in [-0.39, 0.29) is 12.2 Å². The van der Waals surface area contributed by atoms with Gasteiger partial charge in [0.25, 0.3) is 0 Å². The molecule has 0 saturated carbocycles. The highest BCUT2D eigenvalue weighted by Gasteiger charge is 2.34. The quantitative estimate of drug-likeness (QED) is 0.848. The summed E-state index contributed by atoms with van der Waals surface area (Å²) in [7, 11) is 1.50. The topological polar surface area (TPSA) is 65.3 Å². The molecule has 7 heteroatoms. The number of aliphatic hydroxyl groups is 1. The second-order valence-electron chi connectivity index (χ2n) is 4.96. The molecule has 0 aliphatic carbocycles. The summed E-state index contributed by atoms with van der Waals surface area (Å²) >= 11 is 0. The number of hydrogen-bond acceptors (Lipinski definition) is 4. The fourth-order valence-electron chi connectivity index (χ4n) is 1.69. The minimum Gasteiger partial charge on any atom is -0.388 e. The lowest BCUT2D eigenvalue weighted by Gasteiger charge is -2.24. The molecule has 1 rings (SSSR count). The van der Waals surface area contributed by atoms with Crippen molar-refractivity contribution in [2.45, 2.75) is 25.1 Å². The zero-order valence-corrected chi connectivity index (χ0v) is 11.8. The Kier molecular flexibility index (Phi) is 5.58. The van der Waals surface area contributed by atoms with Crippen LogP contribution in [0.15, 0.2) is 18.2 Å². The maximum absolute atomic E-state index is 12.8. The summed E-state index contributed by atoms with van der Waals surface area (Å²) in [4.78, 5) is 0. The standard InChI is InChI=1S/C14H17F3N2O2/c1-13(20,5-6-21-2)9-19-11-4-3-10(8-18)12(7-11)14(15,16)17/h3-4,7,19-20H,5-6,9H2,1-2H3. The van der Waals surface area contributed by atoms with Gasteiger partial charge in [-0.1, -0.05) is 0 Å². The van der Waals surface area contributed by atoms with Crippen LogP contribution in [-0.4, -0.2) is 31.0 Å². The van der Waals surface area contributed by atoms with Gasteiger partial charge < -0.3 is 15.2 Å². The van der Waals surface area contributed by atoms with Crippen molar-refractivity contribution < 1.29 is 23.0 Å². The van der Waals surface area contributed by atoms with Gasteiger partial charge in [-0.2, -0.15) is 18.4 Å². The molecule has 116 valence electrons. The Balaban J connectivity index is 2.84. The van der Waals surface area contributed by atoms with Crippen LogP contribution in [0.5, 0.6) is 0 Å². The normalized spacial score (nSPS) is 14.3. The summed E-state index contributed by atoms with van der Waals surface area (Å²) in [6.07, 6.45) is -4.25. The van der Waals surface area contributed by atoms with Gasteiger partial charge in [0.2, 0.25) is 0 Å². The molecular formula is C14H17F3N2O2. The summed E-state index contributed by atoms with van der Waals surface area (Å²) in [5.41, 5.74) is -2.34. The van der Waals surface area contributed by atoms with Crippen LogP contribution in [0.2, 0.25) is 0 Å². The molecule has 0 aliphatic heterocycles. The molecule has 0 aliphatic rings. The number of rotatable bonds is 6. The van der Waals surface area contributed by atoms with Gasteiger partial charge in [0.15, 0.2) is 0 Å². The fourth-order valence-corrected chi connectivity index (χ4v) is 1.69. The number of anilines is 1. The zero-order valence-electron chi connectivity index (χ0n) is 11.8. The highest BCUT2D eigenvalue weighted by Crippen LogP contribution is 2.33. The number of nitrogens with zero attached hydrogens (tertiary/aromatic N) is 1. The van der Waals surface area contributed by atoms with Crippen LogP contribution in [0.3, 0.4) is 0 Å². The SMILES string of the molecule is COCCC(C)(O)CNc1ccc(C#N)c(C(F)(F)F)c1. The third-order valence-corrected chi connectivity index (χ3v) is 2.96. The van der Waals surface area contributed by atoms with Crippen LogP contribution < -0.4 is 5.32 Å². The predicted molar refractivity (Wildman–Crippen MR) is 71.8 cm³/mol. The van der Waals surface area contributed by atoms with Crippen molar-refractivity contribution in [1.82, 2.24) is 0 Å². The number of nitrogens with one attached hydrogen (secondary N) is 1. The van der Waals surface area contributed by atoms with Gasteiger partial charge >= 0.3 is 6.18 Å². The summed E-state index contributed by atoms with van der Waals surface area (Å²) in [6, 6.07) is 4.86. The smallest absolute Gasteiger partial charge is 0.388 e. The van der Waals surface area contributed by atoms with E-state index in [1.165, 1.54) is 19.2 Å². The average molecular weight is 302 g/mol. The fraction of sp³-hybridized carbons (Fsp3) is 0.500. The van der Waals surface area contributed by atoms with Crippen molar-refractivity contribution in [3.8, 4) is 6.07 Å². The molecule has 0 saturated heterocycles. The van der Waals surface area contributed by atoms with Crippen LogP contribution in [0.25, 0.3) is 0 Å². The molecule has 4 nitrogen and oxygen atoms in total. The monoisotopic (exact) mass is 302 g/mol. The van der Waals surface area contributed by atoms with Gasteiger partial charge in [-0.05, 0) is 25.1 Å². The number of benzene rings is 1. The summed E-state index contributed by atoms with van der Waals surface area (Å²) in [5.74, 6) is 0. The molecule has 0 radical (unpaired) electrons. The lowest BCUT2D eigenvalue weighted by Crippen LogP contribution is -2.34. The molecular weight excluding hydrogens is 285 g/mol. The van der Waals surface area contributed by atoms with Crippen molar-refractivity contribution >= 4 is 5.69 Å². The predicted octanol–water partition coefficient (Wildman–Crippen LogP) is 2.78. The molecule has 1 atom stereocenters. The van der Waals surface area contributed by atoms with E-state index in [2.05, 4.69) is 5.32 Å². The van der Waals surface area contributed by atoms with Crippen LogP contribution in [0.1, 0.15) is 24.5 Å². The first-order chi connectivity index (χ1) is 9.69. The Morgan fingerprint density at radius 3 is 2.57 bits per heavy atom. The van der Waals surface area contributed by atoms with Crippen LogP contribution in [0.4, 0.5) is 18.9 Å². The molecule has 0 bridgehead atoms. The maximum atomic E-state index is 12.8. The Bertz CT molecular complexity index is 522. The highest BCUT2D eigenvalue weighted by molar-refractivity contribution is 5.53. The highest BCUT2D eigenvalue weighted by atomic mass is 19.4. The summed E-state index contributed by atoms with van der Waals surface area (Å²) in [5, 5.41) is 21.5. The minimum atomic E-state index is -4.60. The van der Waals surface area contributed by atoms with E-state index in [0.717, 1.165) is 12.1 Å². The first kappa shape index (κ1) is 17.3. The van der Waals surface area contributed by atoms with E-state index in [9.17, 15) is 18.3 Å². The average Bonchev–Trinajstić information content (AvgIpc) is 2.42. The molecule has 2 N–H and O–H groups in total. The Hall–Kier alpha value is -1.78. The number of hydrogen-bond donors (Lipinski definition) is 2. The minimum absolute atomic E-state index is 0.0690. The Morgan fingerprint density at radius 2 is 2.05 bits per heavy atom. The molecule has 0 fully saturated rings. The van der Waals surface area contributed by atoms with Gasteiger partial charge in [0.1, 0.15) is 0 Å².